The minimum absolute atomic E-state index is 0.251. The minimum Gasteiger partial charge on any atom is -0.326 e. The fourth-order valence-corrected chi connectivity index (χ4v) is 1.98. The Labute approximate surface area is 107 Å². The summed E-state index contributed by atoms with van der Waals surface area (Å²) in [5.41, 5.74) is 7.41. The number of hydrogen-bond donors (Lipinski definition) is 1. The van der Waals surface area contributed by atoms with Gasteiger partial charge < -0.3 is 5.73 Å². The molecule has 5 heteroatoms. The molecule has 2 aromatic rings. The van der Waals surface area contributed by atoms with Crippen molar-refractivity contribution in [3.05, 3.63) is 51.1 Å². The SMILES string of the molecule is NCc1cc(F)ccc1Cn1cc(I)cn1. The fourth-order valence-electron chi connectivity index (χ4n) is 1.54. The highest BCUT2D eigenvalue weighted by atomic mass is 127. The third-order valence-electron chi connectivity index (χ3n) is 2.32. The molecule has 0 saturated carbocycles. The standard InChI is InChI=1S/C11H11FIN3/c12-10-2-1-8(9(3-10)4-14)6-16-7-11(13)5-15-16/h1-3,5,7H,4,6,14H2. The summed E-state index contributed by atoms with van der Waals surface area (Å²) in [4.78, 5) is 0. The highest BCUT2D eigenvalue weighted by Crippen LogP contribution is 2.13. The predicted molar refractivity (Wildman–Crippen MR) is 68.3 cm³/mol. The van der Waals surface area contributed by atoms with E-state index in [1.54, 1.807) is 12.3 Å². The number of rotatable bonds is 3. The van der Waals surface area contributed by atoms with Crippen LogP contribution in [0.15, 0.2) is 30.6 Å². The van der Waals surface area contributed by atoms with E-state index in [1.165, 1.54) is 12.1 Å². The van der Waals surface area contributed by atoms with E-state index in [0.29, 0.717) is 13.1 Å². The van der Waals surface area contributed by atoms with Crippen molar-refractivity contribution in [2.24, 2.45) is 5.73 Å². The van der Waals surface area contributed by atoms with Crippen LogP contribution in [0.3, 0.4) is 0 Å². The van der Waals surface area contributed by atoms with Crippen molar-refractivity contribution in [1.82, 2.24) is 9.78 Å². The van der Waals surface area contributed by atoms with E-state index >= 15 is 0 Å². The zero-order valence-corrected chi connectivity index (χ0v) is 10.7. The Balaban J connectivity index is 2.27. The summed E-state index contributed by atoms with van der Waals surface area (Å²) >= 11 is 2.20. The number of benzene rings is 1. The third kappa shape index (κ3) is 2.59. The zero-order valence-electron chi connectivity index (χ0n) is 8.53. The molecule has 0 aliphatic carbocycles. The number of hydrogen-bond acceptors (Lipinski definition) is 2. The molecule has 0 aliphatic heterocycles. The van der Waals surface area contributed by atoms with Gasteiger partial charge in [0.05, 0.1) is 16.3 Å². The molecule has 84 valence electrons. The molecule has 0 amide bonds. The minimum atomic E-state index is -0.251. The second-order valence-corrected chi connectivity index (χ2v) is 4.72. The van der Waals surface area contributed by atoms with Crippen LogP contribution in [-0.4, -0.2) is 9.78 Å². The van der Waals surface area contributed by atoms with Crippen molar-refractivity contribution >= 4 is 22.6 Å². The van der Waals surface area contributed by atoms with Crippen LogP contribution in [0.25, 0.3) is 0 Å². The van der Waals surface area contributed by atoms with Crippen molar-refractivity contribution in [3.63, 3.8) is 0 Å². The molecule has 1 heterocycles. The predicted octanol–water partition coefficient (Wildman–Crippen LogP) is 2.13. The van der Waals surface area contributed by atoms with Crippen LogP contribution in [-0.2, 0) is 13.1 Å². The van der Waals surface area contributed by atoms with Gasteiger partial charge in [-0.05, 0) is 45.9 Å². The van der Waals surface area contributed by atoms with E-state index in [2.05, 4.69) is 27.7 Å². The van der Waals surface area contributed by atoms with E-state index in [0.717, 1.165) is 14.7 Å². The normalized spacial score (nSPS) is 10.7. The van der Waals surface area contributed by atoms with E-state index in [9.17, 15) is 4.39 Å². The Morgan fingerprint density at radius 2 is 2.19 bits per heavy atom. The Hall–Kier alpha value is -0.950. The molecule has 0 bridgehead atoms. The Morgan fingerprint density at radius 3 is 2.81 bits per heavy atom. The third-order valence-corrected chi connectivity index (χ3v) is 2.88. The van der Waals surface area contributed by atoms with Crippen molar-refractivity contribution in [2.75, 3.05) is 0 Å². The second kappa shape index (κ2) is 4.92. The van der Waals surface area contributed by atoms with Crippen molar-refractivity contribution in [2.45, 2.75) is 13.1 Å². The highest BCUT2D eigenvalue weighted by molar-refractivity contribution is 14.1. The molecule has 16 heavy (non-hydrogen) atoms. The molecule has 0 saturated heterocycles. The molecule has 2 rings (SSSR count). The lowest BCUT2D eigenvalue weighted by atomic mass is 10.1. The first-order valence-electron chi connectivity index (χ1n) is 4.84. The summed E-state index contributed by atoms with van der Waals surface area (Å²) in [5.74, 6) is -0.251. The Kier molecular flexibility index (Phi) is 3.55. The van der Waals surface area contributed by atoms with Gasteiger partial charge in [-0.15, -0.1) is 0 Å². The van der Waals surface area contributed by atoms with E-state index in [4.69, 9.17) is 5.73 Å². The quantitative estimate of drug-likeness (QED) is 0.876. The molecule has 0 aliphatic rings. The van der Waals surface area contributed by atoms with Crippen molar-refractivity contribution < 1.29 is 4.39 Å². The number of aromatic nitrogens is 2. The number of nitrogens with zero attached hydrogens (tertiary/aromatic N) is 2. The van der Waals surface area contributed by atoms with Crippen LogP contribution in [0.1, 0.15) is 11.1 Å². The summed E-state index contributed by atoms with van der Waals surface area (Å²) in [5, 5.41) is 4.18. The van der Waals surface area contributed by atoms with E-state index in [-0.39, 0.29) is 5.82 Å². The summed E-state index contributed by atoms with van der Waals surface area (Å²) in [6.45, 7) is 0.960. The van der Waals surface area contributed by atoms with Gasteiger partial charge in [-0.25, -0.2) is 4.39 Å². The summed E-state index contributed by atoms with van der Waals surface area (Å²) in [6.07, 6.45) is 3.72. The van der Waals surface area contributed by atoms with Gasteiger partial charge >= 0.3 is 0 Å². The lowest BCUT2D eigenvalue weighted by Crippen LogP contribution is -2.07. The molecule has 0 spiro atoms. The summed E-state index contributed by atoms with van der Waals surface area (Å²) < 4.78 is 15.9. The average Bonchev–Trinajstić information content (AvgIpc) is 2.67. The van der Waals surface area contributed by atoms with Crippen LogP contribution < -0.4 is 5.73 Å². The monoisotopic (exact) mass is 331 g/mol. The highest BCUT2D eigenvalue weighted by Gasteiger charge is 2.04. The summed E-state index contributed by atoms with van der Waals surface area (Å²) in [7, 11) is 0. The average molecular weight is 331 g/mol. The maximum absolute atomic E-state index is 13.0. The molecular formula is C11H11FIN3. The van der Waals surface area contributed by atoms with Gasteiger partial charge in [0, 0.05) is 12.7 Å². The molecule has 1 aromatic carbocycles. The molecule has 0 atom stereocenters. The molecule has 1 aromatic heterocycles. The van der Waals surface area contributed by atoms with E-state index < -0.39 is 0 Å². The van der Waals surface area contributed by atoms with Gasteiger partial charge in [0.2, 0.25) is 0 Å². The number of nitrogens with two attached hydrogens (primary N) is 1. The Morgan fingerprint density at radius 1 is 1.38 bits per heavy atom. The van der Waals surface area contributed by atoms with Gasteiger partial charge in [0.25, 0.3) is 0 Å². The molecule has 2 N–H and O–H groups in total. The fraction of sp³-hybridized carbons (Fsp3) is 0.182. The maximum Gasteiger partial charge on any atom is 0.123 e. The van der Waals surface area contributed by atoms with Crippen molar-refractivity contribution in [3.8, 4) is 0 Å². The first-order valence-corrected chi connectivity index (χ1v) is 5.92. The smallest absolute Gasteiger partial charge is 0.123 e. The first-order chi connectivity index (χ1) is 7.69. The van der Waals surface area contributed by atoms with Gasteiger partial charge in [0.1, 0.15) is 5.82 Å². The van der Waals surface area contributed by atoms with Gasteiger partial charge in [0.15, 0.2) is 0 Å². The van der Waals surface area contributed by atoms with Gasteiger partial charge in [-0.3, -0.25) is 4.68 Å². The second-order valence-electron chi connectivity index (χ2n) is 3.47. The molecule has 0 fully saturated rings. The summed E-state index contributed by atoms with van der Waals surface area (Å²) in [6, 6.07) is 4.68. The van der Waals surface area contributed by atoms with Crippen LogP contribution in [0.5, 0.6) is 0 Å². The zero-order chi connectivity index (χ0) is 11.5. The van der Waals surface area contributed by atoms with Gasteiger partial charge in [-0.1, -0.05) is 6.07 Å². The largest absolute Gasteiger partial charge is 0.326 e. The van der Waals surface area contributed by atoms with Crippen LogP contribution >= 0.6 is 22.6 Å². The van der Waals surface area contributed by atoms with Crippen LogP contribution in [0.2, 0.25) is 0 Å². The molecular weight excluding hydrogens is 320 g/mol. The molecule has 3 nitrogen and oxygen atoms in total. The number of halogens is 2. The topological polar surface area (TPSA) is 43.8 Å². The van der Waals surface area contributed by atoms with Crippen LogP contribution in [0, 0.1) is 9.39 Å². The van der Waals surface area contributed by atoms with Crippen molar-refractivity contribution in [1.29, 1.82) is 0 Å². The van der Waals surface area contributed by atoms with E-state index in [1.807, 2.05) is 10.9 Å². The van der Waals surface area contributed by atoms with Gasteiger partial charge in [-0.2, -0.15) is 5.10 Å². The molecule has 0 radical (unpaired) electrons. The molecule has 0 unspecified atom stereocenters. The lowest BCUT2D eigenvalue weighted by Gasteiger charge is -2.07. The Bertz CT molecular complexity index is 496. The maximum atomic E-state index is 13.0. The first kappa shape index (κ1) is 11.5. The van der Waals surface area contributed by atoms with Crippen LogP contribution in [0.4, 0.5) is 4.39 Å². The lowest BCUT2D eigenvalue weighted by molar-refractivity contribution is 0.620.